The van der Waals surface area contributed by atoms with Crippen molar-refractivity contribution in [3.63, 3.8) is 0 Å². The van der Waals surface area contributed by atoms with Crippen molar-refractivity contribution < 1.29 is 5.11 Å². The SMILES string of the molecule is CCn1ncc(Cl)c1C1=CC(O)CCCC1. The first-order valence-electron chi connectivity index (χ1n) is 5.82. The van der Waals surface area contributed by atoms with Gasteiger partial charge >= 0.3 is 0 Å². The number of hydrogen-bond donors (Lipinski definition) is 1. The van der Waals surface area contributed by atoms with E-state index in [4.69, 9.17) is 11.6 Å². The second-order valence-electron chi connectivity index (χ2n) is 4.16. The number of allylic oxidation sites excluding steroid dienone is 1. The van der Waals surface area contributed by atoms with Crippen molar-refractivity contribution in [1.29, 1.82) is 0 Å². The number of hydrogen-bond acceptors (Lipinski definition) is 2. The lowest BCUT2D eigenvalue weighted by atomic mass is 10.1. The first-order chi connectivity index (χ1) is 7.72. The van der Waals surface area contributed by atoms with Crippen LogP contribution < -0.4 is 0 Å². The number of rotatable bonds is 2. The van der Waals surface area contributed by atoms with Crippen LogP contribution >= 0.6 is 11.6 Å². The highest BCUT2D eigenvalue weighted by Gasteiger charge is 2.17. The van der Waals surface area contributed by atoms with Gasteiger partial charge in [-0.1, -0.05) is 24.1 Å². The van der Waals surface area contributed by atoms with Gasteiger partial charge in [0.25, 0.3) is 0 Å². The lowest BCUT2D eigenvalue weighted by Crippen LogP contribution is -2.04. The van der Waals surface area contributed by atoms with E-state index in [0.29, 0.717) is 5.02 Å². The maximum Gasteiger partial charge on any atom is 0.0862 e. The summed E-state index contributed by atoms with van der Waals surface area (Å²) in [5.74, 6) is 0. The van der Waals surface area contributed by atoms with E-state index < -0.39 is 0 Å². The number of aryl methyl sites for hydroxylation is 1. The molecule has 1 aliphatic carbocycles. The summed E-state index contributed by atoms with van der Waals surface area (Å²) < 4.78 is 1.90. The van der Waals surface area contributed by atoms with Crippen molar-refractivity contribution in [1.82, 2.24) is 9.78 Å². The molecule has 1 aliphatic rings. The fraction of sp³-hybridized carbons (Fsp3) is 0.583. The molecule has 1 atom stereocenters. The maximum atomic E-state index is 9.76. The molecule has 1 aromatic rings. The van der Waals surface area contributed by atoms with E-state index >= 15 is 0 Å². The fourth-order valence-electron chi connectivity index (χ4n) is 2.19. The van der Waals surface area contributed by atoms with Crippen LogP contribution in [0.1, 0.15) is 38.3 Å². The zero-order valence-corrected chi connectivity index (χ0v) is 10.2. The molecule has 88 valence electrons. The van der Waals surface area contributed by atoms with Crippen LogP contribution in [0.15, 0.2) is 12.3 Å². The molecule has 0 bridgehead atoms. The number of halogens is 1. The first-order valence-corrected chi connectivity index (χ1v) is 6.20. The van der Waals surface area contributed by atoms with Gasteiger partial charge in [0.05, 0.1) is 23.0 Å². The van der Waals surface area contributed by atoms with Gasteiger partial charge in [-0.25, -0.2) is 0 Å². The van der Waals surface area contributed by atoms with Crippen LogP contribution in [0.3, 0.4) is 0 Å². The van der Waals surface area contributed by atoms with Gasteiger partial charge < -0.3 is 5.11 Å². The summed E-state index contributed by atoms with van der Waals surface area (Å²) in [7, 11) is 0. The van der Waals surface area contributed by atoms with Crippen LogP contribution in [0.25, 0.3) is 5.57 Å². The summed E-state index contributed by atoms with van der Waals surface area (Å²) in [6, 6.07) is 0. The minimum atomic E-state index is -0.339. The first kappa shape index (κ1) is 11.7. The van der Waals surface area contributed by atoms with Crippen LogP contribution in [0.2, 0.25) is 5.02 Å². The molecule has 2 rings (SSSR count). The molecule has 4 heteroatoms. The highest BCUT2D eigenvalue weighted by Crippen LogP contribution is 2.30. The Hall–Kier alpha value is -0.800. The van der Waals surface area contributed by atoms with Gasteiger partial charge in [-0.3, -0.25) is 4.68 Å². The molecule has 0 spiro atoms. The van der Waals surface area contributed by atoms with E-state index in [1.54, 1.807) is 6.20 Å². The number of aliphatic hydroxyl groups is 1. The van der Waals surface area contributed by atoms with Gasteiger partial charge in [-0.2, -0.15) is 5.10 Å². The molecule has 0 radical (unpaired) electrons. The van der Waals surface area contributed by atoms with Crippen molar-refractivity contribution >= 4 is 17.2 Å². The van der Waals surface area contributed by atoms with Gasteiger partial charge in [0.2, 0.25) is 0 Å². The molecule has 0 aromatic carbocycles. The monoisotopic (exact) mass is 240 g/mol. The molecule has 1 unspecified atom stereocenters. The second-order valence-corrected chi connectivity index (χ2v) is 4.57. The molecule has 0 saturated carbocycles. The van der Waals surface area contributed by atoms with E-state index in [0.717, 1.165) is 43.5 Å². The van der Waals surface area contributed by atoms with E-state index in [2.05, 4.69) is 5.10 Å². The summed E-state index contributed by atoms with van der Waals surface area (Å²) in [6.45, 7) is 2.84. The second kappa shape index (κ2) is 5.02. The molecule has 0 fully saturated rings. The average molecular weight is 241 g/mol. The molecular formula is C12H17ClN2O. The summed E-state index contributed by atoms with van der Waals surface area (Å²) >= 11 is 6.15. The predicted octanol–water partition coefficient (Wildman–Crippen LogP) is 2.87. The minimum absolute atomic E-state index is 0.339. The average Bonchev–Trinajstić information content (AvgIpc) is 2.50. The van der Waals surface area contributed by atoms with Crippen molar-refractivity contribution in [2.75, 3.05) is 0 Å². The lowest BCUT2D eigenvalue weighted by molar-refractivity contribution is 0.211. The minimum Gasteiger partial charge on any atom is -0.389 e. The molecular weight excluding hydrogens is 224 g/mol. The largest absolute Gasteiger partial charge is 0.389 e. The zero-order chi connectivity index (χ0) is 11.5. The zero-order valence-electron chi connectivity index (χ0n) is 9.49. The van der Waals surface area contributed by atoms with E-state index in [1.807, 2.05) is 17.7 Å². The van der Waals surface area contributed by atoms with E-state index in [-0.39, 0.29) is 6.10 Å². The predicted molar refractivity (Wildman–Crippen MR) is 65.4 cm³/mol. The van der Waals surface area contributed by atoms with Gasteiger partial charge in [-0.05, 0) is 31.8 Å². The molecule has 1 heterocycles. The third kappa shape index (κ3) is 2.30. The van der Waals surface area contributed by atoms with Crippen molar-refractivity contribution in [3.05, 3.63) is 23.0 Å². The third-order valence-electron chi connectivity index (χ3n) is 2.99. The van der Waals surface area contributed by atoms with Crippen molar-refractivity contribution in [3.8, 4) is 0 Å². The summed E-state index contributed by atoms with van der Waals surface area (Å²) in [4.78, 5) is 0. The number of aliphatic hydroxyl groups excluding tert-OH is 1. The van der Waals surface area contributed by atoms with Crippen LogP contribution in [0.4, 0.5) is 0 Å². The Balaban J connectivity index is 2.37. The van der Waals surface area contributed by atoms with E-state index in [9.17, 15) is 5.11 Å². The third-order valence-corrected chi connectivity index (χ3v) is 3.26. The molecule has 0 amide bonds. The highest BCUT2D eigenvalue weighted by atomic mass is 35.5. The Morgan fingerprint density at radius 2 is 2.38 bits per heavy atom. The standard InChI is InChI=1S/C12H17ClN2O/c1-2-15-12(11(13)8-14-15)9-5-3-4-6-10(16)7-9/h7-8,10,16H,2-6H2,1H3. The quantitative estimate of drug-likeness (QED) is 0.863. The Bertz CT molecular complexity index is 398. The molecule has 0 saturated heterocycles. The highest BCUT2D eigenvalue weighted by molar-refractivity contribution is 6.32. The summed E-state index contributed by atoms with van der Waals surface area (Å²) in [5.41, 5.74) is 2.11. The van der Waals surface area contributed by atoms with Crippen molar-refractivity contribution in [2.45, 2.75) is 45.3 Å². The number of nitrogens with zero attached hydrogens (tertiary/aromatic N) is 2. The van der Waals surface area contributed by atoms with Crippen LogP contribution in [-0.4, -0.2) is 21.0 Å². The molecule has 1 N–H and O–H groups in total. The molecule has 0 aliphatic heterocycles. The van der Waals surface area contributed by atoms with Crippen LogP contribution in [-0.2, 0) is 6.54 Å². The van der Waals surface area contributed by atoms with Crippen LogP contribution in [0.5, 0.6) is 0 Å². The Morgan fingerprint density at radius 3 is 3.12 bits per heavy atom. The Kier molecular flexibility index (Phi) is 3.66. The number of aromatic nitrogens is 2. The molecule has 3 nitrogen and oxygen atoms in total. The normalized spacial score (nSPS) is 21.7. The topological polar surface area (TPSA) is 38.0 Å². The van der Waals surface area contributed by atoms with E-state index in [1.165, 1.54) is 0 Å². The van der Waals surface area contributed by atoms with Gasteiger partial charge in [0.15, 0.2) is 0 Å². The summed E-state index contributed by atoms with van der Waals surface area (Å²) in [5, 5.41) is 14.7. The molecule has 1 aromatic heterocycles. The molecule has 16 heavy (non-hydrogen) atoms. The van der Waals surface area contributed by atoms with Crippen molar-refractivity contribution in [2.24, 2.45) is 0 Å². The lowest BCUT2D eigenvalue weighted by Gasteiger charge is -2.09. The van der Waals surface area contributed by atoms with Gasteiger partial charge in [-0.15, -0.1) is 0 Å². The summed E-state index contributed by atoms with van der Waals surface area (Å²) in [6.07, 6.45) is 7.27. The maximum absolute atomic E-state index is 9.76. The van der Waals surface area contributed by atoms with Gasteiger partial charge in [0.1, 0.15) is 0 Å². The Labute approximate surface area is 101 Å². The van der Waals surface area contributed by atoms with Crippen LogP contribution in [0, 0.1) is 0 Å². The van der Waals surface area contributed by atoms with Gasteiger partial charge in [0, 0.05) is 6.54 Å². The smallest absolute Gasteiger partial charge is 0.0862 e. The fourth-order valence-corrected chi connectivity index (χ4v) is 2.45. The Morgan fingerprint density at radius 1 is 1.56 bits per heavy atom.